The highest BCUT2D eigenvalue weighted by molar-refractivity contribution is 6.07. The van der Waals surface area contributed by atoms with E-state index in [0.717, 1.165) is 0 Å². The van der Waals surface area contributed by atoms with Crippen LogP contribution >= 0.6 is 0 Å². The monoisotopic (exact) mass is 286 g/mol. The number of rotatable bonds is 3. The average Bonchev–Trinajstić information content (AvgIpc) is 3.11. The minimum atomic E-state index is -0.945. The van der Waals surface area contributed by atoms with E-state index in [1.807, 2.05) is 0 Å². The van der Waals surface area contributed by atoms with Crippen molar-refractivity contribution in [2.75, 3.05) is 11.4 Å². The molecule has 0 radical (unpaired) electrons. The second-order valence-corrected chi connectivity index (χ2v) is 4.84. The number of carboxylic acid groups (broad SMARTS) is 1. The lowest BCUT2D eigenvalue weighted by atomic mass is 10.0. The Labute approximate surface area is 120 Å². The molecule has 1 aromatic carbocycles. The topological polar surface area (TPSA) is 96.8 Å². The van der Waals surface area contributed by atoms with Crippen molar-refractivity contribution in [1.82, 2.24) is 0 Å². The van der Waals surface area contributed by atoms with Gasteiger partial charge in [0, 0.05) is 12.2 Å². The first-order valence-electron chi connectivity index (χ1n) is 6.54. The third kappa shape index (κ3) is 2.19. The highest BCUT2D eigenvalue weighted by Gasteiger charge is 2.37. The fourth-order valence-corrected chi connectivity index (χ4v) is 2.55. The number of fused-ring (bicyclic) bond motifs is 1. The number of amides is 1. The molecule has 6 heteroatoms. The van der Waals surface area contributed by atoms with Crippen LogP contribution in [-0.4, -0.2) is 23.5 Å². The number of benzene rings is 1. The smallest absolute Gasteiger partial charge is 0.312 e. The number of carbonyl (C=O) groups is 2. The maximum atomic E-state index is 12.5. The molecule has 0 saturated heterocycles. The summed E-state index contributed by atoms with van der Waals surface area (Å²) in [6.07, 6.45) is 0. The Morgan fingerprint density at radius 3 is 2.71 bits per heavy atom. The molecule has 3 rings (SSSR count). The Bertz CT molecular complexity index is 707. The highest BCUT2D eigenvalue weighted by atomic mass is 16.4. The quantitative estimate of drug-likeness (QED) is 0.892. The predicted octanol–water partition coefficient (Wildman–Crippen LogP) is 1.57. The lowest BCUT2D eigenvalue weighted by Crippen LogP contribution is -2.30. The maximum absolute atomic E-state index is 12.5. The molecule has 0 fully saturated rings. The van der Waals surface area contributed by atoms with Crippen LogP contribution < -0.4 is 10.6 Å². The predicted molar refractivity (Wildman–Crippen MR) is 75.1 cm³/mol. The Hall–Kier alpha value is -2.60. The van der Waals surface area contributed by atoms with Gasteiger partial charge in [0.05, 0.1) is 6.54 Å². The van der Waals surface area contributed by atoms with Crippen LogP contribution in [0.15, 0.2) is 40.8 Å². The van der Waals surface area contributed by atoms with E-state index in [1.54, 1.807) is 36.4 Å². The van der Waals surface area contributed by atoms with E-state index >= 15 is 0 Å². The molecular weight excluding hydrogens is 272 g/mol. The second-order valence-electron chi connectivity index (χ2n) is 4.84. The van der Waals surface area contributed by atoms with Gasteiger partial charge in [0.25, 0.3) is 5.91 Å². The molecule has 1 aromatic heterocycles. The molecule has 1 unspecified atom stereocenters. The van der Waals surface area contributed by atoms with E-state index in [2.05, 4.69) is 0 Å². The molecule has 1 atom stereocenters. The molecule has 1 amide bonds. The number of aliphatic carboxylic acids is 1. The van der Waals surface area contributed by atoms with Crippen LogP contribution in [0.4, 0.5) is 5.69 Å². The molecule has 3 N–H and O–H groups in total. The number of para-hydroxylation sites is 1. The fraction of sp³-hybridized carbons (Fsp3) is 0.200. The Morgan fingerprint density at radius 1 is 1.29 bits per heavy atom. The summed E-state index contributed by atoms with van der Waals surface area (Å²) in [6.45, 7) is 0.313. The van der Waals surface area contributed by atoms with Crippen LogP contribution in [0.1, 0.15) is 27.8 Å². The third-order valence-corrected chi connectivity index (χ3v) is 3.58. The van der Waals surface area contributed by atoms with Crippen molar-refractivity contribution in [2.24, 2.45) is 5.73 Å². The van der Waals surface area contributed by atoms with Gasteiger partial charge in [-0.3, -0.25) is 9.59 Å². The number of carboxylic acids is 1. The van der Waals surface area contributed by atoms with E-state index in [-0.39, 0.29) is 24.8 Å². The first-order valence-corrected chi connectivity index (χ1v) is 6.54. The SMILES string of the molecule is NCc1ccc(C(=O)N2CC(C(=O)O)c3ccccc32)o1. The van der Waals surface area contributed by atoms with E-state index in [0.29, 0.717) is 17.0 Å². The summed E-state index contributed by atoms with van der Waals surface area (Å²) in [6, 6.07) is 10.2. The fourth-order valence-electron chi connectivity index (χ4n) is 2.55. The van der Waals surface area contributed by atoms with Crippen LogP contribution in [0.3, 0.4) is 0 Å². The van der Waals surface area contributed by atoms with Crippen molar-refractivity contribution < 1.29 is 19.1 Å². The normalized spacial score (nSPS) is 16.8. The van der Waals surface area contributed by atoms with Gasteiger partial charge in [0.15, 0.2) is 5.76 Å². The molecule has 0 bridgehead atoms. The van der Waals surface area contributed by atoms with Gasteiger partial charge in [-0.15, -0.1) is 0 Å². The minimum Gasteiger partial charge on any atom is -0.481 e. The van der Waals surface area contributed by atoms with Crippen LogP contribution in [0, 0.1) is 0 Å². The lowest BCUT2D eigenvalue weighted by molar-refractivity contribution is -0.138. The summed E-state index contributed by atoms with van der Waals surface area (Å²) in [4.78, 5) is 25.3. The van der Waals surface area contributed by atoms with Gasteiger partial charge >= 0.3 is 5.97 Å². The molecular formula is C15H14N2O4. The Balaban J connectivity index is 1.96. The minimum absolute atomic E-state index is 0.103. The zero-order valence-electron chi connectivity index (χ0n) is 11.2. The molecule has 6 nitrogen and oxygen atoms in total. The molecule has 2 aromatic rings. The Kier molecular flexibility index (Phi) is 3.23. The molecule has 108 valence electrons. The van der Waals surface area contributed by atoms with E-state index in [4.69, 9.17) is 10.2 Å². The first-order chi connectivity index (χ1) is 10.1. The van der Waals surface area contributed by atoms with Crippen LogP contribution in [0.25, 0.3) is 0 Å². The van der Waals surface area contributed by atoms with Crippen molar-refractivity contribution >= 4 is 17.6 Å². The number of nitrogens with two attached hydrogens (primary N) is 1. The van der Waals surface area contributed by atoms with Gasteiger partial charge in [-0.1, -0.05) is 18.2 Å². The van der Waals surface area contributed by atoms with Crippen LogP contribution in [-0.2, 0) is 11.3 Å². The largest absolute Gasteiger partial charge is 0.481 e. The lowest BCUT2D eigenvalue weighted by Gasteiger charge is -2.15. The zero-order chi connectivity index (χ0) is 15.0. The molecule has 0 aliphatic carbocycles. The number of nitrogens with zero attached hydrogens (tertiary/aromatic N) is 1. The maximum Gasteiger partial charge on any atom is 0.312 e. The highest BCUT2D eigenvalue weighted by Crippen LogP contribution is 2.37. The molecule has 2 heterocycles. The van der Waals surface area contributed by atoms with Crippen molar-refractivity contribution in [3.8, 4) is 0 Å². The number of hydrogen-bond acceptors (Lipinski definition) is 4. The van der Waals surface area contributed by atoms with Gasteiger partial charge in [-0.25, -0.2) is 0 Å². The van der Waals surface area contributed by atoms with E-state index in [9.17, 15) is 14.7 Å². The summed E-state index contributed by atoms with van der Waals surface area (Å²) in [7, 11) is 0. The first kappa shape index (κ1) is 13.4. The van der Waals surface area contributed by atoms with Crippen molar-refractivity contribution in [3.05, 3.63) is 53.5 Å². The number of carbonyl (C=O) groups excluding carboxylic acids is 1. The standard InChI is InChI=1S/C15H14N2O4/c16-7-9-5-6-13(21-9)14(18)17-8-11(15(19)20)10-3-1-2-4-12(10)17/h1-6,11H,7-8,16H2,(H,19,20). The molecule has 0 saturated carbocycles. The molecule has 0 spiro atoms. The van der Waals surface area contributed by atoms with Crippen molar-refractivity contribution in [1.29, 1.82) is 0 Å². The van der Waals surface area contributed by atoms with Gasteiger partial charge in [-0.05, 0) is 23.8 Å². The van der Waals surface area contributed by atoms with Gasteiger partial charge in [0.2, 0.25) is 0 Å². The number of furan rings is 1. The van der Waals surface area contributed by atoms with Crippen molar-refractivity contribution in [2.45, 2.75) is 12.5 Å². The zero-order valence-corrected chi connectivity index (χ0v) is 11.2. The number of hydrogen-bond donors (Lipinski definition) is 2. The summed E-state index contributed by atoms with van der Waals surface area (Å²) < 4.78 is 5.35. The van der Waals surface area contributed by atoms with E-state index in [1.165, 1.54) is 4.90 Å². The van der Waals surface area contributed by atoms with Gasteiger partial charge in [-0.2, -0.15) is 0 Å². The average molecular weight is 286 g/mol. The molecule has 1 aliphatic heterocycles. The van der Waals surface area contributed by atoms with Gasteiger partial charge < -0.3 is 20.2 Å². The molecule has 21 heavy (non-hydrogen) atoms. The summed E-state index contributed by atoms with van der Waals surface area (Å²) in [5, 5.41) is 9.29. The summed E-state index contributed by atoms with van der Waals surface area (Å²) >= 11 is 0. The van der Waals surface area contributed by atoms with Crippen molar-refractivity contribution in [3.63, 3.8) is 0 Å². The van der Waals surface area contributed by atoms with E-state index < -0.39 is 11.9 Å². The van der Waals surface area contributed by atoms with Crippen LogP contribution in [0.5, 0.6) is 0 Å². The summed E-state index contributed by atoms with van der Waals surface area (Å²) in [5.41, 5.74) is 6.71. The number of anilines is 1. The van der Waals surface area contributed by atoms with Gasteiger partial charge in [0.1, 0.15) is 11.7 Å². The summed E-state index contributed by atoms with van der Waals surface area (Å²) in [5.74, 6) is -1.34. The molecule has 1 aliphatic rings. The third-order valence-electron chi connectivity index (χ3n) is 3.58. The second kappa shape index (κ2) is 5.06. The Morgan fingerprint density at radius 2 is 2.05 bits per heavy atom. The van der Waals surface area contributed by atoms with Crippen LogP contribution in [0.2, 0.25) is 0 Å².